The molecule has 1 aromatic heterocycles. The zero-order valence-electron chi connectivity index (χ0n) is 8.52. The van der Waals surface area contributed by atoms with Gasteiger partial charge in [-0.15, -0.1) is 0 Å². The van der Waals surface area contributed by atoms with E-state index in [-0.39, 0.29) is 8.41 Å². The number of rotatable bonds is 0. The van der Waals surface area contributed by atoms with Gasteiger partial charge in [-0.1, -0.05) is 6.04 Å². The number of hydrogen-bond donors (Lipinski definition) is 0. The molecule has 3 radical (unpaired) electrons. The van der Waals surface area contributed by atoms with E-state index in [1.54, 1.807) is 0 Å². The molecule has 0 aliphatic heterocycles. The molecule has 0 saturated heterocycles. The van der Waals surface area contributed by atoms with Crippen LogP contribution in [0.3, 0.4) is 0 Å². The molecule has 33 valence electrons. The highest BCUT2D eigenvalue weighted by atomic mass is 14.6. The largest absolute Gasteiger partial charge is 0.265 e. The molecule has 0 atom stereocenters. The number of nitrogens with zero attached hydrogens (tertiary/aromatic N) is 1. The van der Waals surface area contributed by atoms with Crippen molar-refractivity contribution in [1.29, 1.82) is 0 Å². The lowest BCUT2D eigenvalue weighted by Gasteiger charge is -1.70. The van der Waals surface area contributed by atoms with Crippen molar-refractivity contribution in [3.63, 3.8) is 0 Å². The predicted octanol–water partition coefficient (Wildman–Crippen LogP) is 0.701. The van der Waals surface area contributed by atoms with Crippen LogP contribution in [0, 0.1) is 0 Å². The van der Waals surface area contributed by atoms with Gasteiger partial charge in [0.1, 0.15) is 0 Å². The molecular formula is C5H5BN. The maximum atomic E-state index is 7.07. The summed E-state index contributed by atoms with van der Waals surface area (Å²) < 4.78 is 35.1. The molecule has 0 saturated carbocycles. The summed E-state index contributed by atoms with van der Waals surface area (Å²) >= 11 is 0. The van der Waals surface area contributed by atoms with Crippen LogP contribution < -0.4 is 0 Å². The average molecular weight is 94.9 g/mol. The van der Waals surface area contributed by atoms with Crippen molar-refractivity contribution in [3.8, 4) is 0 Å². The van der Waals surface area contributed by atoms with Crippen LogP contribution in [0.1, 0.15) is 6.85 Å². The second-order valence-electron chi connectivity index (χ2n) is 0.710. The first-order valence-electron chi connectivity index (χ1n) is 3.95. The van der Waals surface area contributed by atoms with Crippen molar-refractivity contribution in [2.75, 3.05) is 0 Å². The van der Waals surface area contributed by atoms with Gasteiger partial charge in [-0.05, 0) is 12.1 Å². The second kappa shape index (κ2) is 3.41. The van der Waals surface area contributed by atoms with E-state index in [2.05, 4.69) is 4.98 Å². The molecule has 1 rings (SSSR count). The van der Waals surface area contributed by atoms with Gasteiger partial charge in [0.15, 0.2) is 0 Å². The van der Waals surface area contributed by atoms with Crippen molar-refractivity contribution >= 4 is 8.41 Å². The lowest BCUT2D eigenvalue weighted by atomic mass is 10.5. The van der Waals surface area contributed by atoms with Gasteiger partial charge in [0.2, 0.25) is 0 Å². The van der Waals surface area contributed by atoms with Crippen LogP contribution in [0.25, 0.3) is 0 Å². The first-order chi connectivity index (χ1) is 5.04. The first kappa shape index (κ1) is 1.62. The van der Waals surface area contributed by atoms with E-state index in [1.165, 1.54) is 0 Å². The number of pyridine rings is 1. The predicted molar refractivity (Wildman–Crippen MR) is 30.0 cm³/mol. The summed E-state index contributed by atoms with van der Waals surface area (Å²) in [7, 11) is 0. The third-order valence-corrected chi connectivity index (χ3v) is 0.349. The van der Waals surface area contributed by atoms with Gasteiger partial charge in [-0.3, -0.25) is 4.98 Å². The summed E-state index contributed by atoms with van der Waals surface area (Å²) in [5.41, 5.74) is 0. The summed E-state index contributed by atoms with van der Waals surface area (Å²) in [5, 5.41) is 0. The molecule has 0 aromatic carbocycles. The van der Waals surface area contributed by atoms with E-state index in [0.717, 1.165) is 0 Å². The lowest BCUT2D eigenvalue weighted by molar-refractivity contribution is 1.33. The maximum Gasteiger partial charge on any atom is 0.0840 e. The summed E-state index contributed by atoms with van der Waals surface area (Å²) in [6.07, 6.45) is -0.841. The minimum absolute atomic E-state index is 0. The Hall–Kier alpha value is -0.785. The molecule has 2 heteroatoms. The SMILES string of the molecule is [2H]c1nc([2H])c([2H])c([2H])c1[2H].[B]. The van der Waals surface area contributed by atoms with Gasteiger partial charge in [0.05, 0.1) is 6.85 Å². The number of aromatic nitrogens is 1. The van der Waals surface area contributed by atoms with E-state index in [4.69, 9.17) is 6.85 Å². The topological polar surface area (TPSA) is 12.9 Å². The highest BCUT2D eigenvalue weighted by molar-refractivity contribution is 5.75. The van der Waals surface area contributed by atoms with Crippen LogP contribution in [0.15, 0.2) is 30.5 Å². The average Bonchev–Trinajstić information content (AvgIpc) is 1.97. The minimum Gasteiger partial charge on any atom is -0.265 e. The second-order valence-corrected chi connectivity index (χ2v) is 0.710. The Morgan fingerprint density at radius 2 is 1.71 bits per heavy atom. The Morgan fingerprint density at radius 1 is 1.14 bits per heavy atom. The smallest absolute Gasteiger partial charge is 0.0840 e. The molecular weight excluding hydrogens is 84.9 g/mol. The minimum atomic E-state index is -0.420. The zero-order chi connectivity index (χ0) is 8.59. The molecule has 0 aliphatic rings. The van der Waals surface area contributed by atoms with Crippen LogP contribution >= 0.6 is 0 Å². The molecule has 1 heterocycles. The highest BCUT2D eigenvalue weighted by Crippen LogP contribution is 1.73. The van der Waals surface area contributed by atoms with Gasteiger partial charge in [-0.2, -0.15) is 0 Å². The van der Waals surface area contributed by atoms with Gasteiger partial charge in [0, 0.05) is 20.8 Å². The summed E-state index contributed by atoms with van der Waals surface area (Å²) in [6, 6.07) is -1.20. The van der Waals surface area contributed by atoms with Crippen molar-refractivity contribution in [3.05, 3.63) is 30.5 Å². The Bertz CT molecular complexity index is 276. The maximum absolute atomic E-state index is 7.07. The normalized spacial score (nSPS) is 16.9. The Labute approximate surface area is 52.0 Å². The molecule has 1 aromatic rings. The molecule has 1 nitrogen and oxygen atoms in total. The molecule has 0 aliphatic carbocycles. The molecule has 0 bridgehead atoms. The fraction of sp³-hybridized carbons (Fsp3) is 0. The molecule has 0 unspecified atom stereocenters. The van der Waals surface area contributed by atoms with E-state index in [9.17, 15) is 0 Å². The van der Waals surface area contributed by atoms with Crippen LogP contribution in [0.4, 0.5) is 0 Å². The van der Waals surface area contributed by atoms with Gasteiger partial charge in [-0.25, -0.2) is 0 Å². The van der Waals surface area contributed by atoms with Gasteiger partial charge >= 0.3 is 0 Å². The van der Waals surface area contributed by atoms with Crippen molar-refractivity contribution in [2.24, 2.45) is 0 Å². The van der Waals surface area contributed by atoms with Crippen LogP contribution in [-0.2, 0) is 0 Å². The Balaban J connectivity index is 0.00000121. The van der Waals surface area contributed by atoms with Crippen LogP contribution in [0.2, 0.25) is 0 Å². The standard InChI is InChI=1S/C5H5N.B/c1-2-4-6-5-3-1;/h1-5H;/i1D,2D,3D,4D,5D;. The van der Waals surface area contributed by atoms with E-state index in [1.807, 2.05) is 0 Å². The summed E-state index contributed by atoms with van der Waals surface area (Å²) in [4.78, 5) is 3.27. The first-order valence-corrected chi connectivity index (χ1v) is 1.45. The third kappa shape index (κ3) is 1.98. The lowest BCUT2D eigenvalue weighted by Crippen LogP contribution is -1.58. The van der Waals surface area contributed by atoms with E-state index >= 15 is 0 Å². The van der Waals surface area contributed by atoms with Gasteiger partial charge in [0.25, 0.3) is 0 Å². The quantitative estimate of drug-likeness (QED) is 0.432. The molecule has 0 spiro atoms. The van der Waals surface area contributed by atoms with E-state index in [0.29, 0.717) is 0 Å². The zero-order valence-corrected chi connectivity index (χ0v) is 3.52. The molecule has 0 fully saturated rings. The van der Waals surface area contributed by atoms with Crippen molar-refractivity contribution in [1.82, 2.24) is 4.98 Å². The monoisotopic (exact) mass is 95.1 g/mol. The molecule has 0 amide bonds. The van der Waals surface area contributed by atoms with Crippen LogP contribution in [-0.4, -0.2) is 13.4 Å². The fourth-order valence-electron chi connectivity index (χ4n) is 0.171. The van der Waals surface area contributed by atoms with Crippen molar-refractivity contribution in [2.45, 2.75) is 0 Å². The summed E-state index contributed by atoms with van der Waals surface area (Å²) in [6.45, 7) is 0. The fourth-order valence-corrected chi connectivity index (χ4v) is 0.171. The third-order valence-electron chi connectivity index (χ3n) is 0.349. The number of hydrogen-bond acceptors (Lipinski definition) is 1. The Kier molecular flexibility index (Phi) is 0.788. The van der Waals surface area contributed by atoms with Crippen molar-refractivity contribution < 1.29 is 6.85 Å². The molecule has 7 heavy (non-hydrogen) atoms. The molecule has 0 N–H and O–H groups in total. The summed E-state index contributed by atoms with van der Waals surface area (Å²) in [5.74, 6) is 0. The van der Waals surface area contributed by atoms with Crippen LogP contribution in [0.5, 0.6) is 0 Å². The van der Waals surface area contributed by atoms with Gasteiger partial charge < -0.3 is 0 Å². The highest BCUT2D eigenvalue weighted by Gasteiger charge is 1.58. The Morgan fingerprint density at radius 3 is 2.29 bits per heavy atom. The van der Waals surface area contributed by atoms with E-state index < -0.39 is 30.5 Å².